The Morgan fingerprint density at radius 3 is 2.44 bits per heavy atom. The van der Waals surface area contributed by atoms with E-state index in [-0.39, 0.29) is 6.10 Å². The summed E-state index contributed by atoms with van der Waals surface area (Å²) in [5.41, 5.74) is 2.22. The van der Waals surface area contributed by atoms with Crippen LogP contribution in [0.1, 0.15) is 18.6 Å². The lowest BCUT2D eigenvalue weighted by atomic mass is 10.1. The highest BCUT2D eigenvalue weighted by atomic mass is 127. The van der Waals surface area contributed by atoms with Crippen molar-refractivity contribution in [2.75, 3.05) is 18.1 Å². The van der Waals surface area contributed by atoms with E-state index in [2.05, 4.69) is 29.2 Å². The molecule has 1 rings (SSSR count). The molecule has 0 fully saturated rings. The van der Waals surface area contributed by atoms with Crippen LogP contribution in [0.5, 0.6) is 5.75 Å². The van der Waals surface area contributed by atoms with Crippen molar-refractivity contribution in [3.05, 3.63) is 42.0 Å². The lowest BCUT2D eigenvalue weighted by Gasteiger charge is -2.16. The van der Waals surface area contributed by atoms with Gasteiger partial charge >= 0.3 is 0 Å². The number of hydrogen-bond acceptors (Lipinski definition) is 2. The molecule has 0 N–H and O–H groups in total. The topological polar surface area (TPSA) is 18.5 Å². The second kappa shape index (κ2) is 6.91. The normalized spacial score (nSPS) is 12.2. The number of alkyl halides is 1. The molecule has 2 nitrogen and oxygen atoms in total. The maximum absolute atomic E-state index is 5.76. The molecule has 1 aromatic carbocycles. The fourth-order valence-electron chi connectivity index (χ4n) is 1.29. The van der Waals surface area contributed by atoms with Crippen LogP contribution in [0.4, 0.5) is 0 Å². The molecule has 1 atom stereocenters. The molecule has 0 bridgehead atoms. The fourth-order valence-corrected chi connectivity index (χ4v) is 2.05. The quantitative estimate of drug-likeness (QED) is 0.449. The van der Waals surface area contributed by atoms with Crippen molar-refractivity contribution >= 4 is 22.6 Å². The summed E-state index contributed by atoms with van der Waals surface area (Å²) < 4.78 is 11.8. The first-order chi connectivity index (χ1) is 7.67. The van der Waals surface area contributed by atoms with Crippen LogP contribution in [0, 0.1) is 0 Å². The van der Waals surface area contributed by atoms with Crippen LogP contribution in [0.15, 0.2) is 36.4 Å². The maximum Gasteiger partial charge on any atom is 0.118 e. The predicted molar refractivity (Wildman–Crippen MR) is 75.4 cm³/mol. The van der Waals surface area contributed by atoms with Crippen LogP contribution in [0.2, 0.25) is 0 Å². The Balaban J connectivity index is 2.66. The molecule has 3 heteroatoms. The number of rotatable bonds is 6. The molecule has 1 unspecified atom stereocenters. The maximum atomic E-state index is 5.76. The van der Waals surface area contributed by atoms with Gasteiger partial charge in [0.15, 0.2) is 0 Å². The van der Waals surface area contributed by atoms with E-state index in [1.807, 2.05) is 31.2 Å². The second-order valence-corrected chi connectivity index (χ2v) is 4.57. The van der Waals surface area contributed by atoms with Gasteiger partial charge < -0.3 is 9.47 Å². The minimum Gasteiger partial charge on any atom is -0.497 e. The van der Waals surface area contributed by atoms with Crippen molar-refractivity contribution in [1.82, 2.24) is 0 Å². The molecular weight excluding hydrogens is 315 g/mol. The number of halogens is 1. The highest BCUT2D eigenvalue weighted by Crippen LogP contribution is 2.23. The standard InChI is InChI=1S/C13H17IO2/c1-10(2)9-16-13(8-14)11-4-6-12(15-3)7-5-11/h4-7,13H,1,8-9H2,2-3H3. The third-order valence-electron chi connectivity index (χ3n) is 2.16. The molecule has 1 aromatic rings. The van der Waals surface area contributed by atoms with Crippen LogP contribution in [0.3, 0.4) is 0 Å². The highest BCUT2D eigenvalue weighted by Gasteiger charge is 2.10. The summed E-state index contributed by atoms with van der Waals surface area (Å²) in [5, 5.41) is 0. The third-order valence-corrected chi connectivity index (χ3v) is 2.96. The Hall–Kier alpha value is -0.550. The number of ether oxygens (including phenoxy) is 2. The smallest absolute Gasteiger partial charge is 0.118 e. The van der Waals surface area contributed by atoms with E-state index in [0.29, 0.717) is 6.61 Å². The predicted octanol–water partition coefficient (Wildman–Crippen LogP) is 3.76. The Labute approximate surface area is 111 Å². The van der Waals surface area contributed by atoms with Crippen LogP contribution in [-0.2, 0) is 4.74 Å². The molecule has 0 heterocycles. The SMILES string of the molecule is C=C(C)COC(CI)c1ccc(OC)cc1. The third kappa shape index (κ3) is 4.14. The van der Waals surface area contributed by atoms with Gasteiger partial charge in [-0.3, -0.25) is 0 Å². The van der Waals surface area contributed by atoms with E-state index in [0.717, 1.165) is 15.8 Å². The Kier molecular flexibility index (Phi) is 5.84. The molecule has 0 aliphatic rings. The van der Waals surface area contributed by atoms with Crippen LogP contribution >= 0.6 is 22.6 Å². The summed E-state index contributed by atoms with van der Waals surface area (Å²) in [6.07, 6.45) is 0.128. The summed E-state index contributed by atoms with van der Waals surface area (Å²) in [5.74, 6) is 0.871. The molecule has 0 aliphatic heterocycles. The zero-order chi connectivity index (χ0) is 12.0. The monoisotopic (exact) mass is 332 g/mol. The van der Waals surface area contributed by atoms with E-state index in [4.69, 9.17) is 9.47 Å². The molecule has 0 saturated carbocycles. The minimum absolute atomic E-state index is 0.128. The summed E-state index contributed by atoms with van der Waals surface area (Å²) in [7, 11) is 1.67. The lowest BCUT2D eigenvalue weighted by Crippen LogP contribution is -2.07. The summed E-state index contributed by atoms with van der Waals surface area (Å²) in [6.45, 7) is 6.42. The first-order valence-corrected chi connectivity index (χ1v) is 6.65. The van der Waals surface area contributed by atoms with Gasteiger partial charge in [0.1, 0.15) is 5.75 Å². The van der Waals surface area contributed by atoms with Gasteiger partial charge in [-0.25, -0.2) is 0 Å². The molecule has 0 spiro atoms. The molecule has 0 aromatic heterocycles. The zero-order valence-corrected chi connectivity index (χ0v) is 11.9. The molecule has 0 aliphatic carbocycles. The van der Waals surface area contributed by atoms with Crippen molar-refractivity contribution in [1.29, 1.82) is 0 Å². The van der Waals surface area contributed by atoms with E-state index in [1.54, 1.807) is 7.11 Å². The second-order valence-electron chi connectivity index (χ2n) is 3.68. The Morgan fingerprint density at radius 1 is 1.38 bits per heavy atom. The van der Waals surface area contributed by atoms with Gasteiger partial charge in [0, 0.05) is 4.43 Å². The number of hydrogen-bond donors (Lipinski definition) is 0. The average Bonchev–Trinajstić information content (AvgIpc) is 2.30. The van der Waals surface area contributed by atoms with Gasteiger partial charge in [0.05, 0.1) is 19.8 Å². The summed E-state index contributed by atoms with van der Waals surface area (Å²) >= 11 is 2.33. The van der Waals surface area contributed by atoms with Gasteiger partial charge in [0.2, 0.25) is 0 Å². The lowest BCUT2D eigenvalue weighted by molar-refractivity contribution is 0.0894. The number of methoxy groups -OCH3 is 1. The van der Waals surface area contributed by atoms with Crippen molar-refractivity contribution in [3.63, 3.8) is 0 Å². The molecule has 0 amide bonds. The largest absolute Gasteiger partial charge is 0.497 e. The van der Waals surface area contributed by atoms with Crippen molar-refractivity contribution < 1.29 is 9.47 Å². The summed E-state index contributed by atoms with van der Waals surface area (Å²) in [6, 6.07) is 8.00. The van der Waals surface area contributed by atoms with Gasteiger partial charge in [-0.1, -0.05) is 46.9 Å². The van der Waals surface area contributed by atoms with Gasteiger partial charge in [-0.15, -0.1) is 0 Å². The average molecular weight is 332 g/mol. The molecule has 16 heavy (non-hydrogen) atoms. The van der Waals surface area contributed by atoms with E-state index >= 15 is 0 Å². The number of benzene rings is 1. The van der Waals surface area contributed by atoms with Crippen LogP contribution in [0.25, 0.3) is 0 Å². The Morgan fingerprint density at radius 2 is 2.00 bits per heavy atom. The van der Waals surface area contributed by atoms with Gasteiger partial charge in [-0.05, 0) is 24.6 Å². The molecule has 88 valence electrons. The minimum atomic E-state index is 0.128. The summed E-state index contributed by atoms with van der Waals surface area (Å²) in [4.78, 5) is 0. The first kappa shape index (κ1) is 13.5. The van der Waals surface area contributed by atoms with Crippen LogP contribution in [-0.4, -0.2) is 18.1 Å². The Bertz CT molecular complexity index is 332. The highest BCUT2D eigenvalue weighted by molar-refractivity contribution is 14.1. The molecule has 0 radical (unpaired) electrons. The zero-order valence-electron chi connectivity index (χ0n) is 9.70. The van der Waals surface area contributed by atoms with Gasteiger partial charge in [0.25, 0.3) is 0 Å². The molecular formula is C13H17IO2. The molecule has 0 saturated heterocycles. The van der Waals surface area contributed by atoms with Crippen molar-refractivity contribution in [2.24, 2.45) is 0 Å². The van der Waals surface area contributed by atoms with E-state index in [1.165, 1.54) is 5.56 Å². The van der Waals surface area contributed by atoms with E-state index < -0.39 is 0 Å². The fraction of sp³-hybridized carbons (Fsp3) is 0.385. The van der Waals surface area contributed by atoms with Crippen LogP contribution < -0.4 is 4.74 Å². The van der Waals surface area contributed by atoms with Crippen molar-refractivity contribution in [3.8, 4) is 5.75 Å². The first-order valence-electron chi connectivity index (χ1n) is 5.13. The van der Waals surface area contributed by atoms with Gasteiger partial charge in [-0.2, -0.15) is 0 Å². The van der Waals surface area contributed by atoms with Crippen molar-refractivity contribution in [2.45, 2.75) is 13.0 Å². The van der Waals surface area contributed by atoms with E-state index in [9.17, 15) is 0 Å².